The van der Waals surface area contributed by atoms with Crippen LogP contribution in [0.4, 0.5) is 5.13 Å². The van der Waals surface area contributed by atoms with Gasteiger partial charge in [-0.3, -0.25) is 4.79 Å². The standard InChI is InChI=1S/C16H22N4OS2/c1-11(2)8-18-15-19-20-16(23-15)22-10-14(21)17-9-13-7-5-4-6-12(13)3/h4-7,11H,8-10H2,1-3H3,(H,17,21)(H,18,19). The van der Waals surface area contributed by atoms with Crippen molar-refractivity contribution in [3.8, 4) is 0 Å². The molecule has 0 saturated heterocycles. The van der Waals surface area contributed by atoms with Crippen molar-refractivity contribution >= 4 is 34.1 Å². The molecule has 124 valence electrons. The summed E-state index contributed by atoms with van der Waals surface area (Å²) in [5.41, 5.74) is 2.33. The minimum atomic E-state index is 0.00476. The number of aryl methyl sites for hydroxylation is 1. The van der Waals surface area contributed by atoms with Crippen molar-refractivity contribution in [1.29, 1.82) is 0 Å². The van der Waals surface area contributed by atoms with Crippen molar-refractivity contribution in [1.82, 2.24) is 15.5 Å². The number of thioether (sulfide) groups is 1. The Balaban J connectivity index is 1.73. The molecule has 5 nitrogen and oxygen atoms in total. The first-order valence-corrected chi connectivity index (χ1v) is 9.36. The summed E-state index contributed by atoms with van der Waals surface area (Å²) in [6.07, 6.45) is 0. The Labute approximate surface area is 145 Å². The van der Waals surface area contributed by atoms with E-state index in [1.54, 1.807) is 0 Å². The predicted octanol–water partition coefficient (Wildman–Crippen LogP) is 3.32. The summed E-state index contributed by atoms with van der Waals surface area (Å²) in [5, 5.41) is 15.1. The highest BCUT2D eigenvalue weighted by Crippen LogP contribution is 2.25. The zero-order valence-electron chi connectivity index (χ0n) is 13.6. The summed E-state index contributed by atoms with van der Waals surface area (Å²) in [7, 11) is 0. The first-order chi connectivity index (χ1) is 11.0. The number of rotatable bonds is 8. The summed E-state index contributed by atoms with van der Waals surface area (Å²) >= 11 is 2.90. The van der Waals surface area contributed by atoms with Gasteiger partial charge in [0.25, 0.3) is 0 Å². The number of nitrogens with one attached hydrogen (secondary N) is 2. The van der Waals surface area contributed by atoms with Crippen LogP contribution < -0.4 is 10.6 Å². The molecule has 0 atom stereocenters. The van der Waals surface area contributed by atoms with Crippen LogP contribution in [0.1, 0.15) is 25.0 Å². The molecule has 0 spiro atoms. The van der Waals surface area contributed by atoms with Crippen molar-refractivity contribution in [3.05, 3.63) is 35.4 Å². The number of aromatic nitrogens is 2. The second-order valence-corrected chi connectivity index (χ2v) is 7.84. The molecule has 0 unspecified atom stereocenters. The van der Waals surface area contributed by atoms with Crippen LogP contribution in [0.5, 0.6) is 0 Å². The number of anilines is 1. The average Bonchev–Trinajstić information content (AvgIpc) is 2.98. The van der Waals surface area contributed by atoms with Gasteiger partial charge in [-0.2, -0.15) is 0 Å². The molecule has 0 aliphatic carbocycles. The lowest BCUT2D eigenvalue weighted by atomic mass is 10.1. The Morgan fingerprint density at radius 3 is 2.83 bits per heavy atom. The van der Waals surface area contributed by atoms with E-state index in [4.69, 9.17) is 0 Å². The Kier molecular flexibility index (Phi) is 6.85. The van der Waals surface area contributed by atoms with Gasteiger partial charge in [0.05, 0.1) is 5.75 Å². The van der Waals surface area contributed by atoms with Crippen molar-refractivity contribution in [2.75, 3.05) is 17.6 Å². The Morgan fingerprint density at radius 2 is 2.09 bits per heavy atom. The fourth-order valence-corrected chi connectivity index (χ4v) is 3.40. The molecule has 23 heavy (non-hydrogen) atoms. The third-order valence-electron chi connectivity index (χ3n) is 3.13. The molecule has 0 fully saturated rings. The fourth-order valence-electron chi connectivity index (χ4n) is 1.81. The molecule has 7 heteroatoms. The summed E-state index contributed by atoms with van der Waals surface area (Å²) < 4.78 is 0.808. The van der Waals surface area contributed by atoms with E-state index in [9.17, 15) is 4.79 Å². The SMILES string of the molecule is Cc1ccccc1CNC(=O)CSc1nnc(NCC(C)C)s1. The molecule has 0 aliphatic rings. The average molecular weight is 351 g/mol. The van der Waals surface area contributed by atoms with Crippen LogP contribution in [0.2, 0.25) is 0 Å². The largest absolute Gasteiger partial charge is 0.360 e. The molecule has 1 aromatic heterocycles. The number of carbonyl (C=O) groups excluding carboxylic acids is 1. The normalized spacial score (nSPS) is 10.8. The van der Waals surface area contributed by atoms with E-state index < -0.39 is 0 Å². The van der Waals surface area contributed by atoms with Crippen LogP contribution in [-0.4, -0.2) is 28.4 Å². The molecular formula is C16H22N4OS2. The maximum atomic E-state index is 11.9. The van der Waals surface area contributed by atoms with Crippen molar-refractivity contribution in [2.45, 2.75) is 31.7 Å². The number of benzene rings is 1. The molecule has 2 N–H and O–H groups in total. The quantitative estimate of drug-likeness (QED) is 0.715. The molecule has 0 radical (unpaired) electrons. The van der Waals surface area contributed by atoms with E-state index in [0.717, 1.165) is 21.6 Å². The third kappa shape index (κ3) is 6.19. The summed E-state index contributed by atoms with van der Waals surface area (Å²) in [5.74, 6) is 0.914. The summed E-state index contributed by atoms with van der Waals surface area (Å²) in [4.78, 5) is 11.9. The zero-order chi connectivity index (χ0) is 16.7. The molecule has 0 bridgehead atoms. The highest BCUT2D eigenvalue weighted by molar-refractivity contribution is 8.01. The maximum Gasteiger partial charge on any atom is 0.230 e. The van der Waals surface area contributed by atoms with Gasteiger partial charge >= 0.3 is 0 Å². The van der Waals surface area contributed by atoms with Gasteiger partial charge in [-0.25, -0.2) is 0 Å². The van der Waals surface area contributed by atoms with Gasteiger partial charge in [0.1, 0.15) is 0 Å². The molecule has 1 heterocycles. The van der Waals surface area contributed by atoms with Gasteiger partial charge in [0.2, 0.25) is 11.0 Å². The second-order valence-electron chi connectivity index (χ2n) is 5.64. The van der Waals surface area contributed by atoms with E-state index in [0.29, 0.717) is 18.2 Å². The molecular weight excluding hydrogens is 328 g/mol. The predicted molar refractivity (Wildman–Crippen MR) is 97.0 cm³/mol. The van der Waals surface area contributed by atoms with E-state index in [1.807, 2.05) is 31.2 Å². The highest BCUT2D eigenvalue weighted by Gasteiger charge is 2.08. The summed E-state index contributed by atoms with van der Waals surface area (Å²) in [6, 6.07) is 8.05. The minimum Gasteiger partial charge on any atom is -0.360 e. The van der Waals surface area contributed by atoms with Gasteiger partial charge < -0.3 is 10.6 Å². The molecule has 1 aromatic carbocycles. The lowest BCUT2D eigenvalue weighted by Crippen LogP contribution is -2.24. The van der Waals surface area contributed by atoms with Crippen LogP contribution in [0.25, 0.3) is 0 Å². The molecule has 0 saturated carbocycles. The Hall–Kier alpha value is -1.60. The summed E-state index contributed by atoms with van der Waals surface area (Å²) in [6.45, 7) is 7.76. The van der Waals surface area contributed by atoms with Crippen LogP contribution in [0.15, 0.2) is 28.6 Å². The first-order valence-electron chi connectivity index (χ1n) is 7.56. The van der Waals surface area contributed by atoms with Gasteiger partial charge in [-0.1, -0.05) is 61.2 Å². The molecule has 2 aromatic rings. The van der Waals surface area contributed by atoms with E-state index >= 15 is 0 Å². The minimum absolute atomic E-state index is 0.00476. The zero-order valence-corrected chi connectivity index (χ0v) is 15.3. The van der Waals surface area contributed by atoms with E-state index in [-0.39, 0.29) is 5.91 Å². The van der Waals surface area contributed by atoms with E-state index in [1.165, 1.54) is 28.7 Å². The third-order valence-corrected chi connectivity index (χ3v) is 5.15. The fraction of sp³-hybridized carbons (Fsp3) is 0.438. The van der Waals surface area contributed by atoms with Crippen molar-refractivity contribution < 1.29 is 4.79 Å². The number of hydrogen-bond donors (Lipinski definition) is 2. The maximum absolute atomic E-state index is 11.9. The van der Waals surface area contributed by atoms with E-state index in [2.05, 4.69) is 34.7 Å². The van der Waals surface area contributed by atoms with Crippen LogP contribution >= 0.6 is 23.1 Å². The molecule has 1 amide bonds. The van der Waals surface area contributed by atoms with Gasteiger partial charge in [0, 0.05) is 13.1 Å². The number of carbonyl (C=O) groups is 1. The number of amides is 1. The smallest absolute Gasteiger partial charge is 0.230 e. The number of hydrogen-bond acceptors (Lipinski definition) is 6. The monoisotopic (exact) mass is 350 g/mol. The Morgan fingerprint density at radius 1 is 1.30 bits per heavy atom. The van der Waals surface area contributed by atoms with Crippen LogP contribution in [-0.2, 0) is 11.3 Å². The first kappa shape index (κ1) is 17.7. The molecule has 2 rings (SSSR count). The lowest BCUT2D eigenvalue weighted by Gasteiger charge is -2.07. The number of nitrogens with zero attached hydrogens (tertiary/aromatic N) is 2. The second kappa shape index (κ2) is 8.88. The Bertz CT molecular complexity index is 643. The van der Waals surface area contributed by atoms with Gasteiger partial charge in [-0.05, 0) is 24.0 Å². The van der Waals surface area contributed by atoms with Crippen LogP contribution in [0, 0.1) is 12.8 Å². The van der Waals surface area contributed by atoms with Gasteiger partial charge in [0.15, 0.2) is 4.34 Å². The van der Waals surface area contributed by atoms with Crippen molar-refractivity contribution in [2.24, 2.45) is 5.92 Å². The van der Waals surface area contributed by atoms with Crippen molar-refractivity contribution in [3.63, 3.8) is 0 Å². The van der Waals surface area contributed by atoms with Crippen LogP contribution in [0.3, 0.4) is 0 Å². The molecule has 0 aliphatic heterocycles. The lowest BCUT2D eigenvalue weighted by molar-refractivity contribution is -0.118. The van der Waals surface area contributed by atoms with Gasteiger partial charge in [-0.15, -0.1) is 10.2 Å². The highest BCUT2D eigenvalue weighted by atomic mass is 32.2. The topological polar surface area (TPSA) is 66.9 Å².